The van der Waals surface area contributed by atoms with Crippen molar-refractivity contribution in [2.24, 2.45) is 5.92 Å². The zero-order valence-corrected chi connectivity index (χ0v) is 20.2. The summed E-state index contributed by atoms with van der Waals surface area (Å²) in [7, 11) is -3.77. The highest BCUT2D eigenvalue weighted by Crippen LogP contribution is 2.30. The van der Waals surface area contributed by atoms with E-state index in [9.17, 15) is 13.2 Å². The molecule has 3 rings (SSSR count). The van der Waals surface area contributed by atoms with Gasteiger partial charge in [0, 0.05) is 31.2 Å². The molecule has 2 aromatic rings. The molecule has 1 amide bonds. The van der Waals surface area contributed by atoms with Crippen LogP contribution in [-0.4, -0.2) is 56.3 Å². The fraction of sp³-hybridized carbons (Fsp3) is 0.458. The molecule has 8 heteroatoms. The summed E-state index contributed by atoms with van der Waals surface area (Å²) in [5.74, 6) is 0.572. The summed E-state index contributed by atoms with van der Waals surface area (Å²) in [6.07, 6.45) is 2.92. The third kappa shape index (κ3) is 6.03. The highest BCUT2D eigenvalue weighted by atomic mass is 35.5. The van der Waals surface area contributed by atoms with Gasteiger partial charge in [0.05, 0.1) is 0 Å². The molecule has 1 fully saturated rings. The first kappa shape index (κ1) is 24.6. The third-order valence-corrected chi connectivity index (χ3v) is 8.22. The Bertz CT molecular complexity index is 1000. The van der Waals surface area contributed by atoms with E-state index in [1.54, 1.807) is 24.8 Å². The number of halogens is 1. The zero-order chi connectivity index (χ0) is 23.1. The van der Waals surface area contributed by atoms with Crippen molar-refractivity contribution in [3.63, 3.8) is 0 Å². The summed E-state index contributed by atoms with van der Waals surface area (Å²) in [4.78, 5) is 14.5. The van der Waals surface area contributed by atoms with Crippen molar-refractivity contribution in [2.45, 2.75) is 38.0 Å². The lowest BCUT2D eigenvalue weighted by molar-refractivity contribution is -0.134. The summed E-state index contributed by atoms with van der Waals surface area (Å²) in [5, 5.41) is 0.301. The minimum atomic E-state index is -3.77. The van der Waals surface area contributed by atoms with Crippen molar-refractivity contribution >= 4 is 27.5 Å². The van der Waals surface area contributed by atoms with Crippen LogP contribution in [0.1, 0.15) is 32.3 Å². The van der Waals surface area contributed by atoms with E-state index in [-0.39, 0.29) is 23.2 Å². The number of likely N-dealkylation sites (tertiary alicyclic amines) is 1. The largest absolute Gasteiger partial charge is 0.482 e. The van der Waals surface area contributed by atoms with Gasteiger partial charge in [-0.3, -0.25) is 4.79 Å². The second-order valence-corrected chi connectivity index (χ2v) is 10.3. The monoisotopic (exact) mass is 478 g/mol. The maximum Gasteiger partial charge on any atom is 0.260 e. The maximum atomic E-state index is 13.0. The van der Waals surface area contributed by atoms with Crippen molar-refractivity contribution in [3.05, 3.63) is 59.1 Å². The van der Waals surface area contributed by atoms with Crippen molar-refractivity contribution in [1.29, 1.82) is 0 Å². The van der Waals surface area contributed by atoms with Crippen molar-refractivity contribution in [1.82, 2.24) is 9.21 Å². The van der Waals surface area contributed by atoms with Crippen LogP contribution < -0.4 is 4.74 Å². The topological polar surface area (TPSA) is 66.9 Å². The van der Waals surface area contributed by atoms with Gasteiger partial charge in [-0.05, 0) is 48.9 Å². The van der Waals surface area contributed by atoms with Gasteiger partial charge >= 0.3 is 0 Å². The predicted molar refractivity (Wildman–Crippen MR) is 127 cm³/mol. The third-order valence-electron chi connectivity index (χ3n) is 5.91. The second-order valence-electron chi connectivity index (χ2n) is 7.98. The summed E-state index contributed by atoms with van der Waals surface area (Å²) in [6.45, 7) is 5.39. The summed E-state index contributed by atoms with van der Waals surface area (Å²) in [5.41, 5.74) is 1.32. The van der Waals surface area contributed by atoms with Crippen LogP contribution in [0.5, 0.6) is 5.75 Å². The SMILES string of the molecule is CCN(CC)S(=O)(=O)c1cc(Cl)ccc1OCC(=O)N1CCC(Cc2ccccc2)CC1. The number of carbonyl (C=O) groups is 1. The van der Waals surface area contributed by atoms with Crippen LogP contribution in [0, 0.1) is 5.92 Å². The average molecular weight is 479 g/mol. The van der Waals surface area contributed by atoms with Crippen LogP contribution in [0.2, 0.25) is 5.02 Å². The molecule has 6 nitrogen and oxygen atoms in total. The van der Waals surface area contributed by atoms with Crippen LogP contribution in [0.3, 0.4) is 0 Å². The molecule has 2 aromatic carbocycles. The Morgan fingerprint density at radius 3 is 2.38 bits per heavy atom. The molecule has 0 bridgehead atoms. The number of hydrogen-bond acceptors (Lipinski definition) is 4. The first-order valence-corrected chi connectivity index (χ1v) is 12.9. The lowest BCUT2D eigenvalue weighted by atomic mass is 9.90. The average Bonchev–Trinajstić information content (AvgIpc) is 2.80. The molecule has 0 saturated carbocycles. The molecule has 0 atom stereocenters. The van der Waals surface area contributed by atoms with Gasteiger partial charge in [-0.1, -0.05) is 55.8 Å². The fourth-order valence-corrected chi connectivity index (χ4v) is 5.92. The standard InChI is InChI=1S/C24H31ClN2O4S/c1-3-27(4-2)32(29,30)23-17-21(25)10-11-22(23)31-18-24(28)26-14-12-20(13-15-26)16-19-8-6-5-7-9-19/h5-11,17,20H,3-4,12-16,18H2,1-2H3. The van der Waals surface area contributed by atoms with E-state index in [1.807, 2.05) is 6.07 Å². The maximum absolute atomic E-state index is 13.0. The highest BCUT2D eigenvalue weighted by molar-refractivity contribution is 7.89. The molecule has 174 valence electrons. The molecule has 0 N–H and O–H groups in total. The quantitative estimate of drug-likeness (QED) is 0.541. The summed E-state index contributed by atoms with van der Waals surface area (Å²) < 4.78 is 33.0. The van der Waals surface area contributed by atoms with Gasteiger partial charge in [-0.25, -0.2) is 8.42 Å². The van der Waals surface area contributed by atoms with Crippen LogP contribution >= 0.6 is 11.6 Å². The molecule has 0 radical (unpaired) electrons. The molecule has 1 heterocycles. The molecular weight excluding hydrogens is 448 g/mol. The summed E-state index contributed by atoms with van der Waals surface area (Å²) in [6, 6.07) is 14.9. The van der Waals surface area contributed by atoms with Gasteiger partial charge in [0.1, 0.15) is 10.6 Å². The minimum Gasteiger partial charge on any atom is -0.482 e. The van der Waals surface area contributed by atoms with E-state index < -0.39 is 10.0 Å². The molecule has 1 aliphatic rings. The number of nitrogens with zero attached hydrogens (tertiary/aromatic N) is 2. The van der Waals surface area contributed by atoms with Gasteiger partial charge in [0.25, 0.3) is 5.91 Å². The van der Waals surface area contributed by atoms with E-state index >= 15 is 0 Å². The number of piperidine rings is 1. The first-order valence-electron chi connectivity index (χ1n) is 11.1. The number of ether oxygens (including phenoxy) is 1. The molecular formula is C24H31ClN2O4S. The van der Waals surface area contributed by atoms with Gasteiger partial charge < -0.3 is 9.64 Å². The Morgan fingerprint density at radius 1 is 1.09 bits per heavy atom. The Hall–Kier alpha value is -2.09. The lowest BCUT2D eigenvalue weighted by Crippen LogP contribution is -2.41. The second kappa shape index (κ2) is 11.2. The lowest BCUT2D eigenvalue weighted by Gasteiger charge is -2.32. The molecule has 0 aliphatic carbocycles. The zero-order valence-electron chi connectivity index (χ0n) is 18.7. The normalized spacial score (nSPS) is 15.2. The summed E-state index contributed by atoms with van der Waals surface area (Å²) >= 11 is 6.06. The highest BCUT2D eigenvalue weighted by Gasteiger charge is 2.27. The number of rotatable bonds is 9. The predicted octanol–water partition coefficient (Wildman–Crippen LogP) is 4.23. The molecule has 32 heavy (non-hydrogen) atoms. The van der Waals surface area contributed by atoms with Crippen LogP contribution in [0.25, 0.3) is 0 Å². The Labute approximate surface area is 196 Å². The van der Waals surface area contributed by atoms with Crippen LogP contribution in [0.15, 0.2) is 53.4 Å². The van der Waals surface area contributed by atoms with Gasteiger partial charge in [-0.15, -0.1) is 0 Å². The molecule has 1 saturated heterocycles. The molecule has 1 aliphatic heterocycles. The van der Waals surface area contributed by atoms with Crippen LogP contribution in [-0.2, 0) is 21.2 Å². The van der Waals surface area contributed by atoms with E-state index in [4.69, 9.17) is 16.3 Å². The molecule has 0 unspecified atom stereocenters. The molecule has 0 aromatic heterocycles. The van der Waals surface area contributed by atoms with Gasteiger partial charge in [0.15, 0.2) is 6.61 Å². The smallest absolute Gasteiger partial charge is 0.260 e. The van der Waals surface area contributed by atoms with Gasteiger partial charge in [-0.2, -0.15) is 4.31 Å². The number of hydrogen-bond donors (Lipinski definition) is 0. The minimum absolute atomic E-state index is 0.0110. The Morgan fingerprint density at radius 2 is 1.75 bits per heavy atom. The van der Waals surface area contributed by atoms with E-state index in [2.05, 4.69) is 24.3 Å². The van der Waals surface area contributed by atoms with Crippen molar-refractivity contribution < 1.29 is 17.9 Å². The Balaban J connectivity index is 1.60. The number of carbonyl (C=O) groups excluding carboxylic acids is 1. The van der Waals surface area contributed by atoms with Crippen molar-refractivity contribution in [3.8, 4) is 5.75 Å². The Kier molecular flexibility index (Phi) is 8.57. The molecule has 0 spiro atoms. The van der Waals surface area contributed by atoms with Crippen LogP contribution in [0.4, 0.5) is 0 Å². The van der Waals surface area contributed by atoms with Gasteiger partial charge in [0.2, 0.25) is 10.0 Å². The fourth-order valence-electron chi connectivity index (χ4n) is 4.07. The first-order chi connectivity index (χ1) is 15.3. The van der Waals surface area contributed by atoms with E-state index in [0.29, 0.717) is 37.1 Å². The number of benzene rings is 2. The number of amides is 1. The van der Waals surface area contributed by atoms with E-state index in [0.717, 1.165) is 19.3 Å². The van der Waals surface area contributed by atoms with Crippen molar-refractivity contribution in [2.75, 3.05) is 32.8 Å². The number of sulfonamides is 1. The van der Waals surface area contributed by atoms with E-state index in [1.165, 1.54) is 22.0 Å².